The van der Waals surface area contributed by atoms with Gasteiger partial charge in [0, 0.05) is 19.4 Å². The molecule has 0 radical (unpaired) electrons. The number of hydrogen-bond donors (Lipinski definition) is 2. The molecular weight excluding hydrogens is 1100 g/mol. The molecule has 0 spiro atoms. The Bertz CT molecular complexity index is 2180. The quantitative estimate of drug-likeness (QED) is 0.0264. The zero-order chi connectivity index (χ0) is 63.0. The fraction of sp³-hybridized carbons (Fsp3) is 0.532. The van der Waals surface area contributed by atoms with Gasteiger partial charge in [0.1, 0.15) is 6.61 Å². The molecule has 486 valence electrons. The highest BCUT2D eigenvalue weighted by Gasteiger charge is 2.26. The Hall–Kier alpha value is -5.41. The van der Waals surface area contributed by atoms with Gasteiger partial charge in [-0.1, -0.05) is 278 Å². The highest BCUT2D eigenvalue weighted by atomic mass is 31.2. The van der Waals surface area contributed by atoms with Gasteiger partial charge in [-0.15, -0.1) is 0 Å². The van der Waals surface area contributed by atoms with Crippen LogP contribution in [-0.2, 0) is 32.7 Å². The topological polar surface area (TPSA) is 134 Å². The third-order valence-electron chi connectivity index (χ3n) is 13.2. The normalized spacial score (nSPS) is 14.3. The van der Waals surface area contributed by atoms with Crippen molar-refractivity contribution in [1.82, 2.24) is 0 Å². The van der Waals surface area contributed by atoms with Crippen molar-refractivity contribution >= 4 is 19.8 Å². The summed E-state index contributed by atoms with van der Waals surface area (Å²) < 4.78 is 33.1. The van der Waals surface area contributed by atoms with Crippen LogP contribution in [0.15, 0.2) is 207 Å². The number of ether oxygens (including phenoxy) is 2. The van der Waals surface area contributed by atoms with E-state index in [1.807, 2.05) is 0 Å². The van der Waals surface area contributed by atoms with Gasteiger partial charge in [-0.05, 0) is 148 Å². The van der Waals surface area contributed by atoms with Crippen molar-refractivity contribution in [2.45, 2.75) is 238 Å². The first kappa shape index (κ1) is 81.6. The number of carbonyl (C=O) groups is 2. The Morgan fingerprint density at radius 3 is 0.908 bits per heavy atom. The SMILES string of the molecule is CC/C=C\C/C=C\C/C=C\C/C=C\C/C=C\C/C=C\C/C=C\C/C=C\C/C=C\CCCCCCCCCCCCCC(=O)OC(COC(=O)CCCC/C=C\C/C=C\C/C=C\C/C=C\C/C=C\C/C=C\C/C=C\C/C=C\CC)COP(=O)(O)OCCN. The van der Waals surface area contributed by atoms with Crippen LogP contribution in [-0.4, -0.2) is 49.3 Å². The monoisotopic (exact) mass is 1220 g/mol. The zero-order valence-electron chi connectivity index (χ0n) is 54.4. The van der Waals surface area contributed by atoms with E-state index in [0.29, 0.717) is 12.8 Å². The molecule has 0 heterocycles. The number of hydrogen-bond acceptors (Lipinski definition) is 8. The molecule has 0 bridgehead atoms. The van der Waals surface area contributed by atoms with Crippen LogP contribution >= 0.6 is 7.82 Å². The predicted molar refractivity (Wildman–Crippen MR) is 375 cm³/mol. The largest absolute Gasteiger partial charge is 0.472 e. The lowest BCUT2D eigenvalue weighted by molar-refractivity contribution is -0.161. The van der Waals surface area contributed by atoms with Crippen molar-refractivity contribution in [2.24, 2.45) is 5.73 Å². The van der Waals surface area contributed by atoms with E-state index in [1.165, 1.54) is 44.9 Å². The van der Waals surface area contributed by atoms with Crippen molar-refractivity contribution in [3.8, 4) is 0 Å². The second-order valence-corrected chi connectivity index (χ2v) is 22.7. The minimum absolute atomic E-state index is 0.0356. The molecule has 0 saturated heterocycles. The molecule has 0 aliphatic heterocycles. The van der Waals surface area contributed by atoms with Crippen molar-refractivity contribution < 1.29 is 37.6 Å². The summed E-state index contributed by atoms with van der Waals surface area (Å²) >= 11 is 0. The first-order valence-electron chi connectivity index (χ1n) is 33.6. The number of phosphoric ester groups is 1. The van der Waals surface area contributed by atoms with E-state index >= 15 is 0 Å². The van der Waals surface area contributed by atoms with Crippen molar-refractivity contribution in [3.05, 3.63) is 207 Å². The van der Waals surface area contributed by atoms with Crippen LogP contribution in [0.3, 0.4) is 0 Å². The second kappa shape index (κ2) is 69.7. The lowest BCUT2D eigenvalue weighted by Gasteiger charge is -2.19. The molecule has 0 aromatic heterocycles. The van der Waals surface area contributed by atoms with E-state index in [0.717, 1.165) is 148 Å². The Morgan fingerprint density at radius 1 is 0.345 bits per heavy atom. The van der Waals surface area contributed by atoms with Gasteiger partial charge in [-0.2, -0.15) is 0 Å². The number of unbranched alkanes of at least 4 members (excludes halogenated alkanes) is 13. The van der Waals surface area contributed by atoms with Crippen molar-refractivity contribution in [1.29, 1.82) is 0 Å². The average Bonchev–Trinajstić information content (AvgIpc) is 3.64. The van der Waals surface area contributed by atoms with Crippen LogP contribution in [0.5, 0.6) is 0 Å². The summed E-state index contributed by atoms with van der Waals surface area (Å²) in [6.07, 6.45) is 108. The van der Waals surface area contributed by atoms with Crippen LogP contribution in [0.25, 0.3) is 0 Å². The number of esters is 2. The van der Waals surface area contributed by atoms with Gasteiger partial charge in [-0.3, -0.25) is 18.6 Å². The van der Waals surface area contributed by atoms with E-state index in [4.69, 9.17) is 24.3 Å². The molecule has 2 unspecified atom stereocenters. The molecule has 0 aliphatic rings. The number of nitrogens with two attached hydrogens (primary N) is 1. The number of carbonyl (C=O) groups excluding carboxylic acids is 2. The summed E-state index contributed by atoms with van der Waals surface area (Å²) in [5.41, 5.74) is 5.39. The van der Waals surface area contributed by atoms with Crippen LogP contribution in [0.2, 0.25) is 0 Å². The van der Waals surface area contributed by atoms with Gasteiger partial charge >= 0.3 is 19.8 Å². The highest BCUT2D eigenvalue weighted by molar-refractivity contribution is 7.47. The fourth-order valence-corrected chi connectivity index (χ4v) is 9.06. The lowest BCUT2D eigenvalue weighted by atomic mass is 10.0. The zero-order valence-corrected chi connectivity index (χ0v) is 55.3. The van der Waals surface area contributed by atoms with E-state index in [9.17, 15) is 19.0 Å². The molecule has 0 amide bonds. The maximum atomic E-state index is 12.8. The van der Waals surface area contributed by atoms with Gasteiger partial charge < -0.3 is 20.1 Å². The summed E-state index contributed by atoms with van der Waals surface area (Å²) in [4.78, 5) is 35.3. The number of phosphoric acid groups is 1. The molecule has 0 aliphatic carbocycles. The first-order valence-corrected chi connectivity index (χ1v) is 35.1. The van der Waals surface area contributed by atoms with E-state index in [1.54, 1.807) is 0 Å². The van der Waals surface area contributed by atoms with Gasteiger partial charge in [0.15, 0.2) is 6.10 Å². The first-order chi connectivity index (χ1) is 42.8. The summed E-state index contributed by atoms with van der Waals surface area (Å²) in [6.45, 7) is 3.44. The Kier molecular flexibility index (Phi) is 65.4. The molecule has 10 heteroatoms. The minimum atomic E-state index is -4.42. The summed E-state index contributed by atoms with van der Waals surface area (Å²) in [6, 6.07) is 0. The molecule has 0 aromatic rings. The molecule has 0 rings (SSSR count). The average molecular weight is 1220 g/mol. The van der Waals surface area contributed by atoms with Crippen LogP contribution in [0, 0.1) is 0 Å². The van der Waals surface area contributed by atoms with Gasteiger partial charge in [-0.25, -0.2) is 4.57 Å². The smallest absolute Gasteiger partial charge is 0.462 e. The van der Waals surface area contributed by atoms with Crippen LogP contribution < -0.4 is 5.73 Å². The number of allylic oxidation sites excluding steroid dienone is 34. The van der Waals surface area contributed by atoms with Crippen LogP contribution in [0.1, 0.15) is 232 Å². The molecule has 0 saturated carbocycles. The van der Waals surface area contributed by atoms with Crippen molar-refractivity contribution in [2.75, 3.05) is 26.4 Å². The molecule has 87 heavy (non-hydrogen) atoms. The molecule has 2 atom stereocenters. The lowest BCUT2D eigenvalue weighted by Crippen LogP contribution is -2.29. The molecule has 0 aromatic carbocycles. The van der Waals surface area contributed by atoms with Crippen LogP contribution in [0.4, 0.5) is 0 Å². The third-order valence-corrected chi connectivity index (χ3v) is 14.1. The van der Waals surface area contributed by atoms with Gasteiger partial charge in [0.25, 0.3) is 0 Å². The second-order valence-electron chi connectivity index (χ2n) is 21.2. The number of rotatable bonds is 60. The predicted octanol–water partition coefficient (Wildman–Crippen LogP) is 22.3. The van der Waals surface area contributed by atoms with E-state index in [2.05, 4.69) is 220 Å². The van der Waals surface area contributed by atoms with Crippen molar-refractivity contribution in [3.63, 3.8) is 0 Å². The maximum absolute atomic E-state index is 12.8. The van der Waals surface area contributed by atoms with Gasteiger partial charge in [0.05, 0.1) is 13.2 Å². The Labute approximate surface area is 531 Å². The van der Waals surface area contributed by atoms with E-state index < -0.39 is 32.5 Å². The Balaban J connectivity index is 4.05. The maximum Gasteiger partial charge on any atom is 0.472 e. The van der Waals surface area contributed by atoms with Gasteiger partial charge in [0.2, 0.25) is 0 Å². The molecule has 0 fully saturated rings. The summed E-state index contributed by atoms with van der Waals surface area (Å²) in [5.74, 6) is -0.898. The summed E-state index contributed by atoms with van der Waals surface area (Å²) in [7, 11) is -4.42. The fourth-order valence-electron chi connectivity index (χ4n) is 8.29. The molecule has 9 nitrogen and oxygen atoms in total. The molecular formula is C77H120NO8P. The Morgan fingerprint density at radius 2 is 0.598 bits per heavy atom. The minimum Gasteiger partial charge on any atom is -0.462 e. The molecule has 3 N–H and O–H groups in total. The summed E-state index contributed by atoms with van der Waals surface area (Å²) in [5, 5.41) is 0. The highest BCUT2D eigenvalue weighted by Crippen LogP contribution is 2.43. The van der Waals surface area contributed by atoms with E-state index in [-0.39, 0.29) is 32.6 Å². The third kappa shape index (κ3) is 69.6. The standard InChI is InChI=1S/C77H120NO8P/c1-3-5-7-9-11-13-15-17-19-21-23-25-27-29-31-32-33-34-35-36-37-38-39-40-41-42-44-46-48-50-52-54-56-58-60-62-64-66-68-70-77(80)86-75(74-85-87(81,82)84-72-71-78)73-83-76(79)69-67-65-63-61-59-57-55-53-51-49-47-45-43-30-28-26-24-22-20-18-16-14-12-10-8-6-4-2/h5-8,11-14,17-20,23-26,29-31,33-34,36-37,39-40,42-44,47,49,53,55,59,61,75H,3-4,9-10,15-16,21-22,27-28,32,35,38,41,45-46,48,50-52,54,56-58,60,62-74,78H2,1-2H3,(H,81,82)/b7-5-,8-6-,13-11-,14-12-,19-17-,20-18-,25-23-,26-24-,31-29-,34-33-,37-36-,40-39-,43-30-,44-42-,49-47-,55-53-,61-59-.